The number of aromatic amines is 1. The SMILES string of the molecule is Cc1ccnc(C(=O)c2[nH]c3ccc(F)cc3c2C(C)C(=O)O)c1. The zero-order valence-corrected chi connectivity index (χ0v) is 13.1. The minimum absolute atomic E-state index is 0.128. The number of carboxylic acid groups (broad SMARTS) is 1. The number of aryl methyl sites for hydroxylation is 1. The molecule has 24 heavy (non-hydrogen) atoms. The number of H-pyrrole nitrogens is 1. The Labute approximate surface area is 137 Å². The van der Waals surface area contributed by atoms with Crippen molar-refractivity contribution in [2.75, 3.05) is 0 Å². The summed E-state index contributed by atoms with van der Waals surface area (Å²) in [5.41, 5.74) is 1.98. The third-order valence-corrected chi connectivity index (χ3v) is 3.98. The molecular weight excluding hydrogens is 311 g/mol. The van der Waals surface area contributed by atoms with E-state index in [1.54, 1.807) is 12.1 Å². The molecule has 5 nitrogen and oxygen atoms in total. The van der Waals surface area contributed by atoms with Gasteiger partial charge in [0.2, 0.25) is 5.78 Å². The minimum Gasteiger partial charge on any atom is -0.481 e. The molecule has 0 bridgehead atoms. The first-order valence-corrected chi connectivity index (χ1v) is 7.39. The Balaban J connectivity index is 2.25. The maximum atomic E-state index is 13.6. The van der Waals surface area contributed by atoms with E-state index in [-0.39, 0.29) is 17.0 Å². The Kier molecular flexibility index (Phi) is 3.89. The summed E-state index contributed by atoms with van der Waals surface area (Å²) >= 11 is 0. The predicted octanol–water partition coefficient (Wildman–Crippen LogP) is 3.43. The number of halogens is 1. The molecule has 1 aromatic carbocycles. The van der Waals surface area contributed by atoms with E-state index < -0.39 is 23.5 Å². The van der Waals surface area contributed by atoms with E-state index in [0.29, 0.717) is 10.9 Å². The largest absolute Gasteiger partial charge is 0.481 e. The highest BCUT2D eigenvalue weighted by Crippen LogP contribution is 2.31. The van der Waals surface area contributed by atoms with Gasteiger partial charge < -0.3 is 10.1 Å². The fourth-order valence-electron chi connectivity index (χ4n) is 2.73. The zero-order valence-electron chi connectivity index (χ0n) is 13.1. The molecule has 122 valence electrons. The van der Waals surface area contributed by atoms with Gasteiger partial charge in [-0.3, -0.25) is 14.6 Å². The van der Waals surface area contributed by atoms with Gasteiger partial charge in [0.15, 0.2) is 0 Å². The third kappa shape index (κ3) is 2.67. The van der Waals surface area contributed by atoms with Crippen molar-refractivity contribution in [3.05, 3.63) is 64.9 Å². The highest BCUT2D eigenvalue weighted by Gasteiger charge is 2.27. The highest BCUT2D eigenvalue weighted by molar-refractivity contribution is 6.12. The summed E-state index contributed by atoms with van der Waals surface area (Å²) in [6, 6.07) is 7.37. The topological polar surface area (TPSA) is 83.0 Å². The summed E-state index contributed by atoms with van der Waals surface area (Å²) in [6.07, 6.45) is 1.52. The molecule has 0 radical (unpaired) electrons. The molecule has 0 spiro atoms. The van der Waals surface area contributed by atoms with Crippen molar-refractivity contribution in [1.82, 2.24) is 9.97 Å². The maximum Gasteiger partial charge on any atom is 0.310 e. The molecular formula is C18H15FN2O3. The molecule has 0 amide bonds. The number of fused-ring (bicyclic) bond motifs is 1. The summed E-state index contributed by atoms with van der Waals surface area (Å²) < 4.78 is 13.6. The van der Waals surface area contributed by atoms with E-state index in [0.717, 1.165) is 5.56 Å². The number of aromatic nitrogens is 2. The summed E-state index contributed by atoms with van der Waals surface area (Å²) in [6.45, 7) is 3.30. The van der Waals surface area contributed by atoms with E-state index in [1.807, 2.05) is 6.92 Å². The van der Waals surface area contributed by atoms with Gasteiger partial charge >= 0.3 is 5.97 Å². The van der Waals surface area contributed by atoms with Crippen LogP contribution in [0.3, 0.4) is 0 Å². The summed E-state index contributed by atoms with van der Waals surface area (Å²) in [7, 11) is 0. The fourth-order valence-corrected chi connectivity index (χ4v) is 2.73. The van der Waals surface area contributed by atoms with Crippen LogP contribution in [0.25, 0.3) is 10.9 Å². The molecule has 2 N–H and O–H groups in total. The number of nitrogens with one attached hydrogen (secondary N) is 1. The van der Waals surface area contributed by atoms with Crippen molar-refractivity contribution in [3.8, 4) is 0 Å². The summed E-state index contributed by atoms with van der Waals surface area (Å²) in [4.78, 5) is 31.3. The van der Waals surface area contributed by atoms with Crippen LogP contribution in [0.5, 0.6) is 0 Å². The number of carbonyl (C=O) groups is 2. The lowest BCUT2D eigenvalue weighted by molar-refractivity contribution is -0.138. The van der Waals surface area contributed by atoms with E-state index >= 15 is 0 Å². The molecule has 0 aliphatic heterocycles. The van der Waals surface area contributed by atoms with E-state index in [4.69, 9.17) is 0 Å². The summed E-state index contributed by atoms with van der Waals surface area (Å²) in [5.74, 6) is -2.97. The number of nitrogens with zero attached hydrogens (tertiary/aromatic N) is 1. The van der Waals surface area contributed by atoms with Gasteiger partial charge in [0.05, 0.1) is 11.6 Å². The van der Waals surface area contributed by atoms with Crippen LogP contribution in [-0.2, 0) is 4.79 Å². The normalized spacial score (nSPS) is 12.3. The standard InChI is InChI=1S/C18H15FN2O3/c1-9-5-6-20-14(7-9)17(22)16-15(10(2)18(23)24)12-8-11(19)3-4-13(12)21-16/h3-8,10,21H,1-2H3,(H,23,24). The number of carboxylic acids is 1. The lowest BCUT2D eigenvalue weighted by Gasteiger charge is -2.08. The predicted molar refractivity (Wildman–Crippen MR) is 86.7 cm³/mol. The molecule has 2 heterocycles. The van der Waals surface area contributed by atoms with E-state index in [2.05, 4.69) is 9.97 Å². The van der Waals surface area contributed by atoms with Crippen molar-refractivity contribution in [1.29, 1.82) is 0 Å². The molecule has 1 unspecified atom stereocenters. The molecule has 0 aliphatic rings. The first kappa shape index (κ1) is 15.9. The lowest BCUT2D eigenvalue weighted by atomic mass is 9.95. The Bertz CT molecular complexity index is 962. The van der Waals surface area contributed by atoms with Gasteiger partial charge in [-0.2, -0.15) is 0 Å². The average molecular weight is 326 g/mol. The van der Waals surface area contributed by atoms with Crippen LogP contribution in [0, 0.1) is 12.7 Å². The van der Waals surface area contributed by atoms with Crippen LogP contribution in [0.2, 0.25) is 0 Å². The van der Waals surface area contributed by atoms with Crippen LogP contribution in [-0.4, -0.2) is 26.8 Å². The van der Waals surface area contributed by atoms with Gasteiger partial charge in [-0.15, -0.1) is 0 Å². The molecule has 3 aromatic rings. The lowest BCUT2D eigenvalue weighted by Crippen LogP contribution is -2.13. The van der Waals surface area contributed by atoms with Crippen LogP contribution < -0.4 is 0 Å². The Morgan fingerprint density at radius 2 is 2.00 bits per heavy atom. The molecule has 0 saturated carbocycles. The van der Waals surface area contributed by atoms with Gasteiger partial charge in [0.1, 0.15) is 11.5 Å². The third-order valence-electron chi connectivity index (χ3n) is 3.98. The van der Waals surface area contributed by atoms with Gasteiger partial charge in [0, 0.05) is 22.7 Å². The van der Waals surface area contributed by atoms with Crippen molar-refractivity contribution >= 4 is 22.7 Å². The Hall–Kier alpha value is -3.02. The van der Waals surface area contributed by atoms with E-state index in [9.17, 15) is 19.1 Å². The fraction of sp³-hybridized carbons (Fsp3) is 0.167. The first-order chi connectivity index (χ1) is 11.4. The van der Waals surface area contributed by atoms with Crippen LogP contribution >= 0.6 is 0 Å². The van der Waals surface area contributed by atoms with Gasteiger partial charge in [-0.05, 0) is 49.7 Å². The second-order valence-corrected chi connectivity index (χ2v) is 5.71. The minimum atomic E-state index is -1.09. The van der Waals surface area contributed by atoms with Gasteiger partial charge in [-0.1, -0.05) is 0 Å². The second kappa shape index (κ2) is 5.88. The quantitative estimate of drug-likeness (QED) is 0.720. The summed E-state index contributed by atoms with van der Waals surface area (Å²) in [5, 5.41) is 9.76. The number of rotatable bonds is 4. The molecule has 6 heteroatoms. The smallest absolute Gasteiger partial charge is 0.310 e. The molecule has 0 fully saturated rings. The second-order valence-electron chi connectivity index (χ2n) is 5.71. The first-order valence-electron chi connectivity index (χ1n) is 7.39. The van der Waals surface area contributed by atoms with Gasteiger partial charge in [-0.25, -0.2) is 4.39 Å². The maximum absolute atomic E-state index is 13.6. The van der Waals surface area contributed by atoms with Crippen molar-refractivity contribution in [2.45, 2.75) is 19.8 Å². The average Bonchev–Trinajstić information content (AvgIpc) is 2.91. The Morgan fingerprint density at radius 1 is 1.25 bits per heavy atom. The number of carbonyl (C=O) groups excluding carboxylic acids is 1. The number of benzene rings is 1. The molecule has 2 aromatic heterocycles. The van der Waals surface area contributed by atoms with Crippen LogP contribution in [0.4, 0.5) is 4.39 Å². The number of hydrogen-bond acceptors (Lipinski definition) is 3. The number of aliphatic carboxylic acids is 1. The highest BCUT2D eigenvalue weighted by atomic mass is 19.1. The van der Waals surface area contributed by atoms with Gasteiger partial charge in [0.25, 0.3) is 0 Å². The number of ketones is 1. The molecule has 1 atom stereocenters. The van der Waals surface area contributed by atoms with Crippen molar-refractivity contribution < 1.29 is 19.1 Å². The molecule has 0 saturated heterocycles. The Morgan fingerprint density at radius 3 is 2.67 bits per heavy atom. The molecule has 3 rings (SSSR count). The van der Waals surface area contributed by atoms with Crippen LogP contribution in [0.1, 0.15) is 40.2 Å². The van der Waals surface area contributed by atoms with E-state index in [1.165, 1.54) is 31.3 Å². The zero-order chi connectivity index (χ0) is 17.4. The number of hydrogen-bond donors (Lipinski definition) is 2. The monoisotopic (exact) mass is 326 g/mol. The van der Waals surface area contributed by atoms with Crippen molar-refractivity contribution in [2.24, 2.45) is 0 Å². The van der Waals surface area contributed by atoms with Crippen molar-refractivity contribution in [3.63, 3.8) is 0 Å². The van der Waals surface area contributed by atoms with Crippen LogP contribution in [0.15, 0.2) is 36.5 Å². The molecule has 0 aliphatic carbocycles. The number of pyridine rings is 1.